The van der Waals surface area contributed by atoms with Crippen molar-refractivity contribution in [2.24, 2.45) is 0 Å². The molecule has 0 saturated carbocycles. The van der Waals surface area contributed by atoms with Crippen LogP contribution in [0.4, 0.5) is 0 Å². The van der Waals surface area contributed by atoms with Gasteiger partial charge in [0.25, 0.3) is 0 Å². The molecule has 0 bridgehead atoms. The van der Waals surface area contributed by atoms with Crippen LogP contribution in [0.2, 0.25) is 0 Å². The van der Waals surface area contributed by atoms with E-state index in [1.807, 2.05) is 12.1 Å². The number of nitrogens with zero attached hydrogens (tertiary/aromatic N) is 7. The van der Waals surface area contributed by atoms with E-state index >= 15 is 0 Å². The van der Waals surface area contributed by atoms with Crippen LogP contribution in [0.15, 0.2) is 291 Å². The molecule has 0 saturated heterocycles. The standard InChI is InChI=1S/C86H55N7/c1-53-24-23-45-76-78(53)65-34-12-21-43-74(65)92(76)85-83(90-70-39-17-7-29-59(70)60-30-8-18-40-71(60)90)79(55-48-46-54(52-87)47-49-55)82(89-68-37-15-5-27-57(68)58-28-6-16-38-69(58)89)84(91-72-41-19-9-31-61(72)62-32-10-20-42-73(62)91)86(85)93-75-44-22-13-35-66(75)80-77(93)51-50-64-63-33-11-14-36-67(63)88(81(64)80)56-25-3-2-4-26-56/h2-23,25-51,53H,24H2,1H3. The molecule has 0 amide bonds. The fourth-order valence-corrected chi connectivity index (χ4v) is 16.5. The van der Waals surface area contributed by atoms with Gasteiger partial charge in [-0.1, -0.05) is 213 Å². The average molecular weight is 1190 g/mol. The van der Waals surface area contributed by atoms with Crippen molar-refractivity contribution in [2.45, 2.75) is 19.3 Å². The van der Waals surface area contributed by atoms with Crippen molar-refractivity contribution in [1.29, 1.82) is 5.26 Å². The Balaban J connectivity index is 1.17. The largest absolute Gasteiger partial charge is 0.309 e. The molecule has 7 nitrogen and oxygen atoms in total. The molecule has 1 aliphatic rings. The van der Waals surface area contributed by atoms with Gasteiger partial charge in [0, 0.05) is 70.5 Å². The van der Waals surface area contributed by atoms with Gasteiger partial charge in [0.1, 0.15) is 0 Å². The molecule has 13 aromatic carbocycles. The highest BCUT2D eigenvalue weighted by Crippen LogP contribution is 2.56. The normalized spacial score (nSPS) is 13.4. The summed E-state index contributed by atoms with van der Waals surface area (Å²) in [7, 11) is 0. The lowest BCUT2D eigenvalue weighted by Gasteiger charge is -2.32. The predicted molar refractivity (Wildman–Crippen MR) is 387 cm³/mol. The maximum absolute atomic E-state index is 10.8. The predicted octanol–water partition coefficient (Wildman–Crippen LogP) is 22.2. The average Bonchev–Trinajstić information content (AvgIpc) is 1.58. The number of benzene rings is 13. The van der Waals surface area contributed by atoms with E-state index in [9.17, 15) is 5.26 Å². The van der Waals surface area contributed by atoms with Crippen LogP contribution < -0.4 is 0 Å². The lowest BCUT2D eigenvalue weighted by atomic mass is 9.90. The van der Waals surface area contributed by atoms with Gasteiger partial charge in [0.15, 0.2) is 0 Å². The first kappa shape index (κ1) is 51.5. The number of rotatable bonds is 7. The highest BCUT2D eigenvalue weighted by atomic mass is 15.2. The summed E-state index contributed by atoms with van der Waals surface area (Å²) in [6.07, 6.45) is 5.72. The number of para-hydroxylation sites is 10. The monoisotopic (exact) mass is 1190 g/mol. The van der Waals surface area contributed by atoms with Crippen molar-refractivity contribution in [1.82, 2.24) is 27.4 Å². The SMILES string of the molecule is CC1CC=Cc2c1c1ccccc1n2-c1c(-n2c3ccccc3c3ccccc32)c(-c2ccc(C#N)cc2)c(-n2c3ccccc3c3ccccc32)c(-n2c3ccccc3c3ccccc32)c1-n1c2ccccc2c2c1ccc1c3ccccc3n(-c3ccccc3)c12. The van der Waals surface area contributed by atoms with E-state index in [1.165, 1.54) is 21.7 Å². The molecule has 0 radical (unpaired) electrons. The maximum Gasteiger partial charge on any atom is 0.0991 e. The second kappa shape index (κ2) is 19.6. The molecule has 0 fully saturated rings. The Kier molecular flexibility index (Phi) is 10.8. The van der Waals surface area contributed by atoms with Crippen molar-refractivity contribution in [3.05, 3.63) is 308 Å². The second-order valence-electron chi connectivity index (χ2n) is 25.0. The Morgan fingerprint density at radius 1 is 0.312 bits per heavy atom. The fraction of sp³-hybridized carbons (Fsp3) is 0.0349. The Hall–Kier alpha value is -12.4. The molecule has 0 spiro atoms. The summed E-state index contributed by atoms with van der Waals surface area (Å²) >= 11 is 0. The summed E-state index contributed by atoms with van der Waals surface area (Å²) in [6, 6.07) is 108. The van der Waals surface area contributed by atoms with E-state index in [-0.39, 0.29) is 5.92 Å². The molecule has 0 aliphatic heterocycles. The van der Waals surface area contributed by atoms with Crippen molar-refractivity contribution < 1.29 is 0 Å². The summed E-state index contributed by atoms with van der Waals surface area (Å²) < 4.78 is 15.6. The second-order valence-corrected chi connectivity index (χ2v) is 25.0. The smallest absolute Gasteiger partial charge is 0.0991 e. The number of aromatic nitrogens is 6. The van der Waals surface area contributed by atoms with Crippen molar-refractivity contribution in [2.75, 3.05) is 0 Å². The van der Waals surface area contributed by atoms with Gasteiger partial charge < -0.3 is 27.4 Å². The van der Waals surface area contributed by atoms with E-state index in [2.05, 4.69) is 326 Å². The molecule has 93 heavy (non-hydrogen) atoms. The van der Waals surface area contributed by atoms with Gasteiger partial charge in [-0.25, -0.2) is 0 Å². The summed E-state index contributed by atoms with van der Waals surface area (Å²) in [5.41, 5.74) is 23.1. The highest BCUT2D eigenvalue weighted by molar-refractivity contribution is 6.27. The van der Waals surface area contributed by atoms with Gasteiger partial charge >= 0.3 is 0 Å². The van der Waals surface area contributed by atoms with Gasteiger partial charge in [0.05, 0.1) is 106 Å². The minimum absolute atomic E-state index is 0.212. The molecule has 7 heteroatoms. The van der Waals surface area contributed by atoms with E-state index in [0.29, 0.717) is 5.56 Å². The van der Waals surface area contributed by atoms with Crippen molar-refractivity contribution in [3.63, 3.8) is 0 Å². The van der Waals surface area contributed by atoms with Crippen molar-refractivity contribution in [3.8, 4) is 51.3 Å². The van der Waals surface area contributed by atoms with Crippen LogP contribution in [-0.4, -0.2) is 27.4 Å². The quantitative estimate of drug-likeness (QED) is 0.157. The van der Waals surface area contributed by atoms with Gasteiger partial charge in [-0.3, -0.25) is 0 Å². The number of nitriles is 1. The van der Waals surface area contributed by atoms with Gasteiger partial charge in [-0.05, 0) is 114 Å². The summed E-state index contributed by atoms with van der Waals surface area (Å²) in [4.78, 5) is 0. The Morgan fingerprint density at radius 2 is 0.667 bits per heavy atom. The summed E-state index contributed by atoms with van der Waals surface area (Å²) in [6.45, 7) is 2.40. The van der Waals surface area contributed by atoms with E-state index in [1.54, 1.807) is 0 Å². The third kappa shape index (κ3) is 7.01. The first-order valence-electron chi connectivity index (χ1n) is 32.1. The Morgan fingerprint density at radius 3 is 1.14 bits per heavy atom. The molecule has 6 aromatic heterocycles. The molecule has 19 aromatic rings. The molecule has 1 atom stereocenters. The highest BCUT2D eigenvalue weighted by Gasteiger charge is 2.38. The first-order valence-corrected chi connectivity index (χ1v) is 32.1. The van der Waals surface area contributed by atoms with Crippen LogP contribution in [0.5, 0.6) is 0 Å². The van der Waals surface area contributed by atoms with Crippen LogP contribution in [0.3, 0.4) is 0 Å². The molecule has 1 unspecified atom stereocenters. The van der Waals surface area contributed by atoms with Gasteiger partial charge in [-0.15, -0.1) is 0 Å². The van der Waals surface area contributed by atoms with Crippen LogP contribution in [0.25, 0.3) is 171 Å². The third-order valence-corrected chi connectivity index (χ3v) is 20.2. The minimum Gasteiger partial charge on any atom is -0.309 e. The maximum atomic E-state index is 10.8. The topological polar surface area (TPSA) is 53.4 Å². The molecular formula is C86H55N7. The first-order chi connectivity index (χ1) is 46.1. The molecule has 434 valence electrons. The minimum atomic E-state index is 0.212. The fourth-order valence-electron chi connectivity index (χ4n) is 16.5. The zero-order chi connectivity index (χ0) is 61.2. The number of hydrogen-bond donors (Lipinski definition) is 0. The van der Waals surface area contributed by atoms with E-state index in [0.717, 1.165) is 161 Å². The zero-order valence-electron chi connectivity index (χ0n) is 50.7. The lowest BCUT2D eigenvalue weighted by Crippen LogP contribution is -2.19. The van der Waals surface area contributed by atoms with Gasteiger partial charge in [-0.2, -0.15) is 5.26 Å². The van der Waals surface area contributed by atoms with E-state index < -0.39 is 0 Å². The Bertz CT molecular complexity index is 6320. The zero-order valence-corrected chi connectivity index (χ0v) is 50.7. The summed E-state index contributed by atoms with van der Waals surface area (Å²) in [5, 5.41) is 23.6. The molecule has 20 rings (SSSR count). The van der Waals surface area contributed by atoms with Crippen LogP contribution in [0.1, 0.15) is 36.1 Å². The molecule has 6 heterocycles. The van der Waals surface area contributed by atoms with Crippen LogP contribution >= 0.6 is 0 Å². The molecule has 0 N–H and O–H groups in total. The molecular weight excluding hydrogens is 1130 g/mol. The Labute approximate surface area is 534 Å². The number of allylic oxidation sites excluding steroid dienone is 1. The number of hydrogen-bond acceptors (Lipinski definition) is 1. The lowest BCUT2D eigenvalue weighted by molar-refractivity contribution is 0.772. The third-order valence-electron chi connectivity index (χ3n) is 20.2. The van der Waals surface area contributed by atoms with Crippen LogP contribution in [0, 0.1) is 11.3 Å². The molecule has 1 aliphatic carbocycles. The van der Waals surface area contributed by atoms with Crippen molar-refractivity contribution >= 4 is 126 Å². The van der Waals surface area contributed by atoms with Crippen LogP contribution in [-0.2, 0) is 0 Å². The summed E-state index contributed by atoms with van der Waals surface area (Å²) in [5.74, 6) is 0.212. The van der Waals surface area contributed by atoms with E-state index in [4.69, 9.17) is 0 Å². The van der Waals surface area contributed by atoms with Gasteiger partial charge in [0.2, 0.25) is 0 Å². The number of fused-ring (bicyclic) bond motifs is 19.